The minimum atomic E-state index is -5.15. The molecule has 31 heteroatoms. The summed E-state index contributed by atoms with van der Waals surface area (Å²) in [5, 5.41) is 158. The van der Waals surface area contributed by atoms with Crippen LogP contribution in [0.5, 0.6) is 0 Å². The van der Waals surface area contributed by atoms with Crippen LogP contribution in [0.15, 0.2) is 11.6 Å². The number of fused-ring (bicyclic) bond motifs is 7. The van der Waals surface area contributed by atoms with Gasteiger partial charge in [-0.15, -0.1) is 0 Å². The van der Waals surface area contributed by atoms with E-state index in [2.05, 4.69) is 19.9 Å². The molecule has 0 bridgehead atoms. The Morgan fingerprint density at radius 2 is 1.11 bits per heavy atom. The van der Waals surface area contributed by atoms with Crippen LogP contribution < -0.4 is 29.6 Å². The summed E-state index contributed by atoms with van der Waals surface area (Å²) >= 11 is 0. The molecule has 29 nitrogen and oxygen atoms in total. The molecule has 10 aliphatic rings. The monoisotopic (exact) mass is 1310 g/mol. The van der Waals surface area contributed by atoms with E-state index in [0.717, 1.165) is 5.57 Å². The summed E-state index contributed by atoms with van der Waals surface area (Å²) < 4.78 is 110. The maximum Gasteiger partial charge on any atom is 1.00 e. The summed E-state index contributed by atoms with van der Waals surface area (Å²) in [6.07, 6.45) is -42.7. The number of aliphatic hydroxyl groups excluding tert-OH is 13. The second-order valence-electron chi connectivity index (χ2n) is 27.9. The summed E-state index contributed by atoms with van der Waals surface area (Å²) in [5.74, 6) is -1.33. The maximum absolute atomic E-state index is 12.5. The van der Waals surface area contributed by atoms with Gasteiger partial charge < -0.3 is 128 Å². The van der Waals surface area contributed by atoms with E-state index in [4.69, 9.17) is 56.3 Å². The Morgan fingerprint density at radius 3 is 1.67 bits per heavy atom. The van der Waals surface area contributed by atoms with Crippen molar-refractivity contribution in [1.82, 2.24) is 0 Å². The summed E-state index contributed by atoms with van der Waals surface area (Å²) in [5.41, 5.74) is -1.56. The molecule has 0 aromatic rings. The molecule has 6 heterocycles. The fourth-order valence-electron chi connectivity index (χ4n) is 16.7. The van der Waals surface area contributed by atoms with Crippen LogP contribution in [0.3, 0.4) is 0 Å². The molecule has 6 aliphatic heterocycles. The summed E-state index contributed by atoms with van der Waals surface area (Å²) in [7, 11) is -5.15. The van der Waals surface area contributed by atoms with Gasteiger partial charge in [0.1, 0.15) is 104 Å². The molecule has 0 radical (unpaired) electrons. The van der Waals surface area contributed by atoms with E-state index >= 15 is 0 Å². The number of allylic oxidation sites excluding steroid dienone is 2. The predicted molar refractivity (Wildman–Crippen MR) is 293 cm³/mol. The standard InChI is InChI=1S/C58H96O29S.Na/c1-19(2)20(3)33(60)50-58(10,72)49-31(80-50)17-28-26-16-30(29-15-25(87-88(73,74)75)11-13-56(29,8)27(26)12-14-57(28,49)9)81-53-44(71)46(36(63)23(6)78-53)84-54-48(86-52-42(69)39(66)35(62)22(5)77-52)43(70)45(24(7)79-54)83-55-47(40(67)37(64)32(18-59)82-55)85-51-41(68)38(65)34(61)21(4)76-51;/h12,19-26,28-55,59-72H,11,13-18H2,1-10H3,(H,73,74,75);/q;+1/p-1/t20?,21-,22-,23-,24-,25+,26-,28+,29-,30+,31+,32-,33+,34+,35-,36-,37-,38+,39+,40+,41-,42-,43+,44-,45-,46+,47-,48-,49+,50+,51+,52+,53+,54+,55+,56-,57+,58-;/m1./s1. The van der Waals surface area contributed by atoms with Crippen LogP contribution in [-0.4, -0.2) is 281 Å². The first-order valence-corrected chi connectivity index (χ1v) is 32.4. The second kappa shape index (κ2) is 27.5. The van der Waals surface area contributed by atoms with Crippen LogP contribution in [0.1, 0.15) is 108 Å². The van der Waals surface area contributed by atoms with Crippen LogP contribution in [0.2, 0.25) is 0 Å². The quantitative estimate of drug-likeness (QED) is 0.0296. The van der Waals surface area contributed by atoms with Crippen molar-refractivity contribution in [2.45, 2.75) is 297 Å². The Bertz CT molecular complexity index is 2540. The molecular weight excluding hydrogens is 1220 g/mol. The first-order chi connectivity index (χ1) is 41.0. The van der Waals surface area contributed by atoms with Gasteiger partial charge in [0.2, 0.25) is 10.4 Å². The van der Waals surface area contributed by atoms with Crippen molar-refractivity contribution < 1.29 is 170 Å². The molecule has 14 N–H and O–H groups in total. The van der Waals surface area contributed by atoms with Gasteiger partial charge in [-0.1, -0.05) is 46.3 Å². The topological polar surface area (TPSA) is 451 Å². The minimum Gasteiger partial charge on any atom is -0.726 e. The molecule has 38 atom stereocenters. The smallest absolute Gasteiger partial charge is 0.726 e. The Labute approximate surface area is 540 Å². The first kappa shape index (κ1) is 72.9. The molecule has 0 aromatic heterocycles. The van der Waals surface area contributed by atoms with Gasteiger partial charge in [-0.2, -0.15) is 0 Å². The summed E-state index contributed by atoms with van der Waals surface area (Å²) in [6, 6.07) is 0. The third kappa shape index (κ3) is 13.4. The van der Waals surface area contributed by atoms with E-state index < -0.39 is 223 Å². The zero-order chi connectivity index (χ0) is 64.5. The number of aliphatic hydroxyl groups is 14. The maximum atomic E-state index is 12.5. The van der Waals surface area contributed by atoms with Crippen molar-refractivity contribution >= 4 is 10.4 Å². The molecule has 0 spiro atoms. The van der Waals surface area contributed by atoms with Gasteiger partial charge in [0.15, 0.2) is 31.5 Å². The van der Waals surface area contributed by atoms with Crippen molar-refractivity contribution in [2.75, 3.05) is 6.61 Å². The molecule has 89 heavy (non-hydrogen) atoms. The van der Waals surface area contributed by atoms with E-state index in [1.807, 2.05) is 20.8 Å². The second-order valence-corrected chi connectivity index (χ2v) is 28.9. The predicted octanol–water partition coefficient (Wildman–Crippen LogP) is -6.60. The number of hydrogen-bond acceptors (Lipinski definition) is 29. The summed E-state index contributed by atoms with van der Waals surface area (Å²) in [6.45, 7) is 16.6. The SMILES string of the molecule is CC(C)C(C)[C@H](O)[C@@H]1O[C@H]2C[C@H]3[C@@H]4C[C@H](O[C@@H]5O[C@H](C)[C@@H](O)[C@H](O[C@@H]6O[C@H](C)[C@@H](O[C@@H]7O[C@H](CO)[C@@H](O)[C@H](O)[C@H]7O[C@@H]7O[C@H](C)[C@H](O)[C@H](O)[C@H]7O)[C@H](O)[C@H]6O[C@@H]6O[C@H](C)[C@@H](O)[C@H](O)[C@H]6O)[C@H]5O)[C@H]5C[C@@H](OS(=O)(=O)[O-])CC[C@]5(C)C4=CC[C@]3(C)[C@H]2[C@@]1(C)O.[Na+]. The van der Waals surface area contributed by atoms with Crippen LogP contribution in [-0.2, 0) is 66.7 Å². The van der Waals surface area contributed by atoms with Gasteiger partial charge in [0.25, 0.3) is 0 Å². The van der Waals surface area contributed by atoms with Crippen molar-refractivity contribution in [2.24, 2.45) is 46.3 Å². The van der Waals surface area contributed by atoms with E-state index in [9.17, 15) is 84.5 Å². The van der Waals surface area contributed by atoms with E-state index in [1.165, 1.54) is 27.7 Å². The van der Waals surface area contributed by atoms with Gasteiger partial charge in [0.05, 0.1) is 61.0 Å². The van der Waals surface area contributed by atoms with Crippen LogP contribution in [0.4, 0.5) is 0 Å². The third-order valence-electron chi connectivity index (χ3n) is 22.1. The molecular formula is C58H95NaO29S. The van der Waals surface area contributed by atoms with Gasteiger partial charge in [-0.3, -0.25) is 4.18 Å². The Morgan fingerprint density at radius 1 is 0.596 bits per heavy atom. The normalized spacial score (nSPS) is 54.2. The number of ether oxygens (including phenoxy) is 11. The average molecular weight is 1310 g/mol. The average Bonchev–Trinajstić information content (AvgIpc) is 1.59. The fraction of sp³-hybridized carbons (Fsp3) is 0.966. The van der Waals surface area contributed by atoms with Gasteiger partial charge in [-0.25, -0.2) is 8.42 Å². The van der Waals surface area contributed by atoms with E-state index in [1.54, 1.807) is 6.92 Å². The number of rotatable bonds is 16. The zero-order valence-corrected chi connectivity index (χ0v) is 54.9. The molecule has 3 saturated carbocycles. The molecule has 0 aromatic carbocycles. The molecule has 0 amide bonds. The largest absolute Gasteiger partial charge is 1.00 e. The molecule has 6 saturated heterocycles. The fourth-order valence-corrected chi connectivity index (χ4v) is 17.3. The van der Waals surface area contributed by atoms with Crippen molar-refractivity contribution in [3.63, 3.8) is 0 Å². The molecule has 10 rings (SSSR count). The first-order valence-electron chi connectivity index (χ1n) is 31.1. The van der Waals surface area contributed by atoms with Crippen molar-refractivity contribution in [3.8, 4) is 0 Å². The van der Waals surface area contributed by atoms with Gasteiger partial charge in [-0.05, 0) is 114 Å². The van der Waals surface area contributed by atoms with E-state index in [0.29, 0.717) is 19.3 Å². The Hall–Kier alpha value is -0.390. The Kier molecular flexibility index (Phi) is 22.5. The summed E-state index contributed by atoms with van der Waals surface area (Å²) in [4.78, 5) is 0. The molecule has 508 valence electrons. The third-order valence-corrected chi connectivity index (χ3v) is 22.6. The number of hydrogen-bond donors (Lipinski definition) is 14. The van der Waals surface area contributed by atoms with Crippen molar-refractivity contribution in [1.29, 1.82) is 0 Å². The molecule has 4 aliphatic carbocycles. The zero-order valence-electron chi connectivity index (χ0n) is 52.1. The van der Waals surface area contributed by atoms with Crippen LogP contribution >= 0.6 is 0 Å². The van der Waals surface area contributed by atoms with Gasteiger partial charge in [0, 0.05) is 5.92 Å². The van der Waals surface area contributed by atoms with Crippen molar-refractivity contribution in [3.05, 3.63) is 11.6 Å². The van der Waals surface area contributed by atoms with E-state index in [-0.39, 0.29) is 78.4 Å². The molecule has 1 unspecified atom stereocenters. The molecule has 9 fully saturated rings. The Balaban J connectivity index is 0.00000941. The van der Waals surface area contributed by atoms with Crippen LogP contribution in [0.25, 0.3) is 0 Å². The van der Waals surface area contributed by atoms with Crippen LogP contribution in [0, 0.1) is 46.3 Å². The minimum absolute atomic E-state index is 0. The van der Waals surface area contributed by atoms with Gasteiger partial charge >= 0.3 is 29.6 Å².